The Morgan fingerprint density at radius 1 is 0.957 bits per heavy atom. The number of ether oxygens (including phenoxy) is 2. The third kappa shape index (κ3) is 4.67. The third-order valence-corrected chi connectivity index (χ3v) is 2.80. The van der Waals surface area contributed by atoms with Gasteiger partial charge in [0.05, 0.1) is 5.56 Å². The van der Waals surface area contributed by atoms with Gasteiger partial charge in [0.25, 0.3) is 0 Å². The zero-order valence-corrected chi connectivity index (χ0v) is 12.3. The molecule has 5 nitrogen and oxygen atoms in total. The maximum Gasteiger partial charge on any atom is 0.573 e. The first-order valence-corrected chi connectivity index (χ1v) is 6.52. The van der Waals surface area contributed by atoms with Gasteiger partial charge in [-0.1, -0.05) is 0 Å². The third-order valence-electron chi connectivity index (χ3n) is 2.80. The summed E-state index contributed by atoms with van der Waals surface area (Å²) in [5.74, 6) is -0.492. The number of hydrogen-bond donors (Lipinski definition) is 0. The number of aromatic nitrogens is 2. The number of carbonyl (C=O) groups excluding carboxylic acids is 1. The van der Waals surface area contributed by atoms with Gasteiger partial charge in [-0.25, -0.2) is 9.97 Å². The van der Waals surface area contributed by atoms with Gasteiger partial charge in [0.1, 0.15) is 17.8 Å². The van der Waals surface area contributed by atoms with E-state index < -0.39 is 12.0 Å². The molecule has 0 radical (unpaired) electrons. The topological polar surface area (TPSA) is 61.3 Å². The maximum absolute atomic E-state index is 12.3. The minimum absolute atomic E-state index is 0.231. The molecule has 0 amide bonds. The highest BCUT2D eigenvalue weighted by molar-refractivity contribution is 6.01. The Morgan fingerprint density at radius 3 is 1.91 bits per heavy atom. The van der Waals surface area contributed by atoms with Crippen molar-refractivity contribution in [3.05, 3.63) is 48.5 Å². The molecule has 2 rings (SSSR count). The molecular formula is C15H13F3N2O3. The van der Waals surface area contributed by atoms with Gasteiger partial charge in [-0.2, -0.15) is 0 Å². The van der Waals surface area contributed by atoms with Crippen molar-refractivity contribution in [3.8, 4) is 11.5 Å². The van der Waals surface area contributed by atoms with Crippen LogP contribution in [-0.4, -0.2) is 27.7 Å². The summed E-state index contributed by atoms with van der Waals surface area (Å²) in [4.78, 5) is 19.9. The monoisotopic (exact) mass is 326 g/mol. The molecule has 0 spiro atoms. The molecule has 2 aromatic rings. The fraction of sp³-hybridized carbons (Fsp3) is 0.267. The van der Waals surface area contributed by atoms with Gasteiger partial charge in [0.2, 0.25) is 5.78 Å². The smallest absolute Gasteiger partial charge is 0.480 e. The van der Waals surface area contributed by atoms with Crippen molar-refractivity contribution in [1.82, 2.24) is 9.97 Å². The van der Waals surface area contributed by atoms with E-state index in [9.17, 15) is 18.0 Å². The Labute approximate surface area is 130 Å². The summed E-state index contributed by atoms with van der Waals surface area (Å²) in [6.45, 7) is 3.09. The first kappa shape index (κ1) is 16.7. The van der Waals surface area contributed by atoms with Crippen LogP contribution >= 0.6 is 0 Å². The Kier molecular flexibility index (Phi) is 4.53. The molecule has 0 unspecified atom stereocenters. The second-order valence-corrected chi connectivity index (χ2v) is 5.09. The SMILES string of the molecule is CC(C)(Oc1ccc(OC(F)(F)F)cc1)C(=O)c1cncnc1. The summed E-state index contributed by atoms with van der Waals surface area (Å²) < 4.78 is 45.6. The molecule has 0 saturated carbocycles. The van der Waals surface area contributed by atoms with Crippen LogP contribution < -0.4 is 9.47 Å². The van der Waals surface area contributed by atoms with Gasteiger partial charge < -0.3 is 9.47 Å². The maximum atomic E-state index is 12.3. The van der Waals surface area contributed by atoms with Crippen LogP contribution in [0.1, 0.15) is 24.2 Å². The Morgan fingerprint density at radius 2 is 1.43 bits per heavy atom. The second-order valence-electron chi connectivity index (χ2n) is 5.09. The molecule has 1 heterocycles. The summed E-state index contributed by atoms with van der Waals surface area (Å²) in [7, 11) is 0. The van der Waals surface area contributed by atoms with Crippen molar-refractivity contribution >= 4 is 5.78 Å². The van der Waals surface area contributed by atoms with Gasteiger partial charge in [-0.15, -0.1) is 13.2 Å². The van der Waals surface area contributed by atoms with E-state index in [1.807, 2.05) is 0 Å². The summed E-state index contributed by atoms with van der Waals surface area (Å²) in [6, 6.07) is 4.79. The standard InChI is InChI=1S/C15H13F3N2O3/c1-14(2,13(21)10-7-19-9-20-8-10)22-11-3-5-12(6-4-11)23-15(16,17)18/h3-9H,1-2H3. The van der Waals surface area contributed by atoms with Crippen LogP contribution in [0.2, 0.25) is 0 Å². The fourth-order valence-corrected chi connectivity index (χ4v) is 1.81. The van der Waals surface area contributed by atoms with Gasteiger partial charge in [-0.05, 0) is 38.1 Å². The van der Waals surface area contributed by atoms with Crippen LogP contribution in [0.4, 0.5) is 13.2 Å². The number of carbonyl (C=O) groups is 1. The number of alkyl halides is 3. The predicted octanol–water partition coefficient (Wildman–Crippen LogP) is 3.42. The summed E-state index contributed by atoms with van der Waals surface area (Å²) in [5.41, 5.74) is -0.966. The van der Waals surface area contributed by atoms with E-state index in [4.69, 9.17) is 4.74 Å². The molecule has 0 bridgehead atoms. The largest absolute Gasteiger partial charge is 0.573 e. The Balaban J connectivity index is 2.10. The van der Waals surface area contributed by atoms with Crippen molar-refractivity contribution in [2.75, 3.05) is 0 Å². The molecule has 1 aromatic carbocycles. The zero-order valence-electron chi connectivity index (χ0n) is 12.3. The minimum Gasteiger partial charge on any atom is -0.480 e. The number of halogens is 3. The van der Waals surface area contributed by atoms with E-state index >= 15 is 0 Å². The van der Waals surface area contributed by atoms with E-state index in [-0.39, 0.29) is 22.8 Å². The van der Waals surface area contributed by atoms with E-state index in [0.29, 0.717) is 0 Å². The molecule has 0 aliphatic carbocycles. The van der Waals surface area contributed by atoms with Crippen molar-refractivity contribution in [1.29, 1.82) is 0 Å². The van der Waals surface area contributed by atoms with E-state index in [0.717, 1.165) is 12.1 Å². The van der Waals surface area contributed by atoms with E-state index in [1.165, 1.54) is 30.9 Å². The number of Topliss-reactive ketones (excluding diaryl/α,β-unsaturated/α-hetero) is 1. The molecule has 0 aliphatic heterocycles. The fourth-order valence-electron chi connectivity index (χ4n) is 1.81. The summed E-state index contributed by atoms with van der Waals surface area (Å²) in [5, 5.41) is 0. The highest BCUT2D eigenvalue weighted by atomic mass is 19.4. The van der Waals surface area contributed by atoms with Crippen LogP contribution in [0, 0.1) is 0 Å². The first-order chi connectivity index (χ1) is 10.7. The average Bonchev–Trinajstić information content (AvgIpc) is 2.48. The van der Waals surface area contributed by atoms with Crippen molar-refractivity contribution in [2.24, 2.45) is 0 Å². The average molecular weight is 326 g/mol. The molecule has 0 N–H and O–H groups in total. The lowest BCUT2D eigenvalue weighted by atomic mass is 9.98. The van der Waals surface area contributed by atoms with Crippen molar-refractivity contribution in [2.45, 2.75) is 25.8 Å². The molecule has 0 saturated heterocycles. The van der Waals surface area contributed by atoms with Gasteiger partial charge in [0, 0.05) is 12.4 Å². The van der Waals surface area contributed by atoms with E-state index in [2.05, 4.69) is 14.7 Å². The van der Waals surface area contributed by atoms with Crippen molar-refractivity contribution < 1.29 is 27.4 Å². The van der Waals surface area contributed by atoms with Crippen LogP contribution in [0.3, 0.4) is 0 Å². The zero-order chi connectivity index (χ0) is 17.1. The molecule has 23 heavy (non-hydrogen) atoms. The van der Waals surface area contributed by atoms with Crippen LogP contribution in [0.5, 0.6) is 11.5 Å². The highest BCUT2D eigenvalue weighted by Crippen LogP contribution is 2.27. The molecule has 0 aliphatic rings. The highest BCUT2D eigenvalue weighted by Gasteiger charge is 2.32. The number of ketones is 1. The van der Waals surface area contributed by atoms with Crippen LogP contribution in [0.15, 0.2) is 43.0 Å². The first-order valence-electron chi connectivity index (χ1n) is 6.52. The van der Waals surface area contributed by atoms with Gasteiger partial charge in [-0.3, -0.25) is 4.79 Å². The molecule has 0 atom stereocenters. The van der Waals surface area contributed by atoms with Crippen LogP contribution in [0.25, 0.3) is 0 Å². The van der Waals surface area contributed by atoms with Gasteiger partial charge >= 0.3 is 6.36 Å². The lowest BCUT2D eigenvalue weighted by Crippen LogP contribution is -2.38. The second kappa shape index (κ2) is 6.23. The Hall–Kier alpha value is -2.64. The summed E-state index contributed by atoms with van der Waals surface area (Å²) in [6.07, 6.45) is -0.740. The lowest BCUT2D eigenvalue weighted by molar-refractivity contribution is -0.274. The summed E-state index contributed by atoms with van der Waals surface area (Å²) >= 11 is 0. The number of benzene rings is 1. The predicted molar refractivity (Wildman–Crippen MR) is 74.2 cm³/mol. The molecule has 8 heteroatoms. The Bertz CT molecular complexity index is 671. The number of hydrogen-bond acceptors (Lipinski definition) is 5. The van der Waals surface area contributed by atoms with Crippen molar-refractivity contribution in [3.63, 3.8) is 0 Å². The molecule has 1 aromatic heterocycles. The quantitative estimate of drug-likeness (QED) is 0.788. The normalized spacial score (nSPS) is 11.9. The molecule has 0 fully saturated rings. The molecular weight excluding hydrogens is 313 g/mol. The number of nitrogens with zero attached hydrogens (tertiary/aromatic N) is 2. The number of rotatable bonds is 5. The molecule has 122 valence electrons. The minimum atomic E-state index is -4.76. The van der Waals surface area contributed by atoms with E-state index in [1.54, 1.807) is 13.8 Å². The van der Waals surface area contributed by atoms with Crippen LogP contribution in [-0.2, 0) is 0 Å². The van der Waals surface area contributed by atoms with Gasteiger partial charge in [0.15, 0.2) is 5.60 Å². The lowest BCUT2D eigenvalue weighted by Gasteiger charge is -2.25.